The highest BCUT2D eigenvalue weighted by molar-refractivity contribution is 7.80. The van der Waals surface area contributed by atoms with Gasteiger partial charge in [-0.1, -0.05) is 18.2 Å². The molecule has 4 aromatic rings. The van der Waals surface area contributed by atoms with Gasteiger partial charge in [-0.2, -0.15) is 0 Å². The van der Waals surface area contributed by atoms with E-state index in [-0.39, 0.29) is 17.6 Å². The van der Waals surface area contributed by atoms with Gasteiger partial charge in [0.05, 0.1) is 23.3 Å². The van der Waals surface area contributed by atoms with Gasteiger partial charge in [-0.15, -0.1) is 0 Å². The van der Waals surface area contributed by atoms with E-state index < -0.39 is 5.97 Å². The van der Waals surface area contributed by atoms with Crippen LogP contribution < -0.4 is 10.2 Å². The molecule has 0 unspecified atom stereocenters. The molecule has 0 aliphatic carbocycles. The van der Waals surface area contributed by atoms with Crippen LogP contribution in [0.1, 0.15) is 56.2 Å². The number of nitrogens with one attached hydrogen (secondary N) is 1. The van der Waals surface area contributed by atoms with Gasteiger partial charge in [0.2, 0.25) is 0 Å². The molecule has 5 rings (SSSR count). The number of carboxylic acids is 1. The second-order valence-electron chi connectivity index (χ2n) is 9.28. The molecular weight excluding hydrogens is 468 g/mol. The number of aromatic nitrogens is 2. The van der Waals surface area contributed by atoms with Gasteiger partial charge >= 0.3 is 5.97 Å². The standard InChI is InChI=1S/C29H28N4O2S/c1-17-11-12-23(14-18(17)2)33-27(26(31-29(33)36)25-10-5-6-13-30-25)24-15-19(3)32(20(24)4)22-9-7-8-21(16-22)28(34)35/h5-16,26-27H,1-4H3,(H,31,36)(H,34,35)/t26-,27+/m0/s1. The fourth-order valence-electron chi connectivity index (χ4n) is 5.09. The maximum atomic E-state index is 11.6. The molecule has 6 nitrogen and oxygen atoms in total. The van der Waals surface area contributed by atoms with Crippen molar-refractivity contribution in [2.75, 3.05) is 4.90 Å². The third kappa shape index (κ3) is 4.05. The molecule has 1 saturated heterocycles. The van der Waals surface area contributed by atoms with Crippen molar-refractivity contribution < 1.29 is 9.90 Å². The lowest BCUT2D eigenvalue weighted by Gasteiger charge is -2.28. The summed E-state index contributed by atoms with van der Waals surface area (Å²) in [5.41, 5.74) is 8.59. The number of hydrogen-bond donors (Lipinski definition) is 2. The fourth-order valence-corrected chi connectivity index (χ4v) is 5.43. The predicted octanol–water partition coefficient (Wildman–Crippen LogP) is 5.98. The predicted molar refractivity (Wildman–Crippen MR) is 146 cm³/mol. The van der Waals surface area contributed by atoms with Gasteiger partial charge in [0.1, 0.15) is 0 Å². The number of hydrogen-bond acceptors (Lipinski definition) is 3. The summed E-state index contributed by atoms with van der Waals surface area (Å²) in [7, 11) is 0. The lowest BCUT2D eigenvalue weighted by molar-refractivity contribution is 0.0697. The minimum atomic E-state index is -0.944. The molecule has 0 amide bonds. The fraction of sp³-hybridized carbons (Fsp3) is 0.207. The summed E-state index contributed by atoms with van der Waals surface area (Å²) in [5.74, 6) is -0.944. The Balaban J connectivity index is 1.68. The molecule has 36 heavy (non-hydrogen) atoms. The molecule has 3 heterocycles. The third-order valence-electron chi connectivity index (χ3n) is 7.01. The average molecular weight is 497 g/mol. The second kappa shape index (κ2) is 9.24. The van der Waals surface area contributed by atoms with Crippen LogP contribution in [0.4, 0.5) is 5.69 Å². The van der Waals surface area contributed by atoms with Crippen LogP contribution in [0.3, 0.4) is 0 Å². The van der Waals surface area contributed by atoms with E-state index in [9.17, 15) is 9.90 Å². The quantitative estimate of drug-likeness (QED) is 0.331. The van der Waals surface area contributed by atoms with E-state index in [1.54, 1.807) is 24.4 Å². The van der Waals surface area contributed by atoms with Crippen LogP contribution in [0.25, 0.3) is 5.69 Å². The molecular formula is C29H28N4O2S. The van der Waals surface area contributed by atoms with Crippen molar-refractivity contribution in [3.05, 3.63) is 112 Å². The Morgan fingerprint density at radius 3 is 2.44 bits per heavy atom. The average Bonchev–Trinajstić information content (AvgIpc) is 3.36. The van der Waals surface area contributed by atoms with E-state index in [0.717, 1.165) is 34.0 Å². The van der Waals surface area contributed by atoms with Crippen LogP contribution in [0.5, 0.6) is 0 Å². The van der Waals surface area contributed by atoms with Gasteiger partial charge < -0.3 is 19.9 Å². The normalized spacial score (nSPS) is 17.3. The smallest absolute Gasteiger partial charge is 0.335 e. The maximum Gasteiger partial charge on any atom is 0.335 e. The number of aromatic carboxylic acids is 1. The van der Waals surface area contributed by atoms with Crippen molar-refractivity contribution in [1.82, 2.24) is 14.9 Å². The van der Waals surface area contributed by atoms with Gasteiger partial charge in [-0.25, -0.2) is 4.79 Å². The van der Waals surface area contributed by atoms with Crippen LogP contribution in [0.15, 0.2) is 72.9 Å². The van der Waals surface area contributed by atoms with Crippen molar-refractivity contribution in [1.29, 1.82) is 0 Å². The SMILES string of the molecule is Cc1ccc(N2C(=S)N[C@@H](c3ccccn3)[C@H]2c2cc(C)n(-c3cccc(C(=O)O)c3)c2C)cc1C. The number of carbonyl (C=O) groups is 1. The molecule has 0 spiro atoms. The van der Waals surface area contributed by atoms with Crippen molar-refractivity contribution in [2.45, 2.75) is 39.8 Å². The van der Waals surface area contributed by atoms with Crippen LogP contribution in [0, 0.1) is 27.7 Å². The summed E-state index contributed by atoms with van der Waals surface area (Å²) in [6.45, 7) is 8.33. The molecule has 0 saturated carbocycles. The van der Waals surface area contributed by atoms with E-state index in [4.69, 9.17) is 12.2 Å². The van der Waals surface area contributed by atoms with E-state index in [0.29, 0.717) is 5.11 Å². The Morgan fingerprint density at radius 1 is 0.944 bits per heavy atom. The van der Waals surface area contributed by atoms with Crippen molar-refractivity contribution >= 4 is 29.0 Å². The summed E-state index contributed by atoms with van der Waals surface area (Å²) in [4.78, 5) is 18.4. The number of aryl methyl sites for hydroxylation is 3. The Bertz CT molecular complexity index is 1480. The van der Waals surface area contributed by atoms with Gasteiger partial charge in [0.25, 0.3) is 0 Å². The molecule has 0 radical (unpaired) electrons. The molecule has 2 atom stereocenters. The minimum Gasteiger partial charge on any atom is -0.478 e. The highest BCUT2D eigenvalue weighted by atomic mass is 32.1. The van der Waals surface area contributed by atoms with Crippen molar-refractivity contribution in [3.63, 3.8) is 0 Å². The lowest BCUT2D eigenvalue weighted by Crippen LogP contribution is -2.29. The number of nitrogens with zero attached hydrogens (tertiary/aromatic N) is 3. The summed E-state index contributed by atoms with van der Waals surface area (Å²) in [6.07, 6.45) is 1.80. The second-order valence-corrected chi connectivity index (χ2v) is 9.67. The van der Waals surface area contributed by atoms with Gasteiger partial charge in [-0.05, 0) is 105 Å². The van der Waals surface area contributed by atoms with Crippen molar-refractivity contribution in [2.24, 2.45) is 0 Å². The first-order valence-corrected chi connectivity index (χ1v) is 12.3. The summed E-state index contributed by atoms with van der Waals surface area (Å²) >= 11 is 5.89. The summed E-state index contributed by atoms with van der Waals surface area (Å²) in [6, 6.07) is 21.2. The van der Waals surface area contributed by atoms with Crippen molar-refractivity contribution in [3.8, 4) is 5.69 Å². The van der Waals surface area contributed by atoms with E-state index in [1.807, 2.05) is 31.2 Å². The summed E-state index contributed by atoms with van der Waals surface area (Å²) < 4.78 is 2.11. The zero-order valence-electron chi connectivity index (χ0n) is 20.7. The molecule has 1 fully saturated rings. The number of benzene rings is 2. The van der Waals surface area contributed by atoms with E-state index >= 15 is 0 Å². The monoisotopic (exact) mass is 496 g/mol. The molecule has 1 aliphatic rings. The van der Waals surface area contributed by atoms with Gasteiger partial charge in [-0.3, -0.25) is 4.98 Å². The Labute approximate surface area is 216 Å². The number of anilines is 1. The van der Waals surface area contributed by atoms with E-state index in [1.165, 1.54) is 11.1 Å². The first kappa shape index (κ1) is 23.8. The molecule has 1 aliphatic heterocycles. The lowest BCUT2D eigenvalue weighted by atomic mass is 9.96. The molecule has 2 N–H and O–H groups in total. The number of carboxylic acid groups (broad SMARTS) is 1. The number of pyridine rings is 1. The van der Waals surface area contributed by atoms with Crippen LogP contribution in [-0.4, -0.2) is 25.7 Å². The molecule has 2 aromatic heterocycles. The first-order chi connectivity index (χ1) is 17.3. The third-order valence-corrected chi connectivity index (χ3v) is 7.32. The molecule has 7 heteroatoms. The maximum absolute atomic E-state index is 11.6. The minimum absolute atomic E-state index is 0.142. The highest BCUT2D eigenvalue weighted by Gasteiger charge is 2.42. The van der Waals surface area contributed by atoms with Gasteiger partial charge in [0, 0.05) is 29.0 Å². The Hall–Kier alpha value is -3.97. The number of rotatable bonds is 5. The zero-order valence-corrected chi connectivity index (χ0v) is 21.5. The Kier molecular flexibility index (Phi) is 6.10. The van der Waals surface area contributed by atoms with E-state index in [2.05, 4.69) is 64.8 Å². The zero-order chi connectivity index (χ0) is 25.6. The van der Waals surface area contributed by atoms with Gasteiger partial charge in [0.15, 0.2) is 5.11 Å². The van der Waals surface area contributed by atoms with Crippen LogP contribution in [0.2, 0.25) is 0 Å². The Morgan fingerprint density at radius 2 is 1.75 bits per heavy atom. The van der Waals surface area contributed by atoms with Crippen LogP contribution in [-0.2, 0) is 0 Å². The number of thiocarbonyl (C=S) groups is 1. The molecule has 2 aromatic carbocycles. The summed E-state index contributed by atoms with van der Waals surface area (Å²) in [5, 5.41) is 13.7. The molecule has 0 bridgehead atoms. The topological polar surface area (TPSA) is 70.4 Å². The molecule has 182 valence electrons. The van der Waals surface area contributed by atoms with Crippen LogP contribution >= 0.6 is 12.2 Å². The first-order valence-electron chi connectivity index (χ1n) is 11.9. The largest absolute Gasteiger partial charge is 0.478 e. The highest BCUT2D eigenvalue weighted by Crippen LogP contribution is 2.44.